The number of para-hydroxylation sites is 1. The van der Waals surface area contributed by atoms with Crippen molar-refractivity contribution in [3.8, 4) is 0 Å². The molecule has 0 saturated heterocycles. The molecule has 5 heteroatoms. The predicted molar refractivity (Wildman–Crippen MR) is 77.2 cm³/mol. The minimum absolute atomic E-state index is 0.437. The number of rotatable bonds is 5. The average molecular weight is 260 g/mol. The highest BCUT2D eigenvalue weighted by atomic mass is 16.3. The van der Waals surface area contributed by atoms with Crippen molar-refractivity contribution in [2.75, 3.05) is 32.5 Å². The van der Waals surface area contributed by atoms with E-state index in [0.717, 1.165) is 16.7 Å². The maximum absolute atomic E-state index is 10.3. The third-order valence-corrected chi connectivity index (χ3v) is 2.84. The van der Waals surface area contributed by atoms with Gasteiger partial charge in [0.1, 0.15) is 12.1 Å². The molecule has 1 atom stereocenters. The SMILES string of the molecule is CN(C)CC(C)(O)CNc1ncnc2ccccc12. The minimum atomic E-state index is -0.810. The maximum atomic E-state index is 10.3. The van der Waals surface area contributed by atoms with E-state index in [-0.39, 0.29) is 0 Å². The van der Waals surface area contributed by atoms with Crippen LogP contribution in [0.25, 0.3) is 10.9 Å². The van der Waals surface area contributed by atoms with Crippen molar-refractivity contribution in [1.29, 1.82) is 0 Å². The molecule has 19 heavy (non-hydrogen) atoms. The summed E-state index contributed by atoms with van der Waals surface area (Å²) in [4.78, 5) is 10.4. The number of hydrogen-bond donors (Lipinski definition) is 2. The summed E-state index contributed by atoms with van der Waals surface area (Å²) in [5.74, 6) is 0.754. The van der Waals surface area contributed by atoms with Crippen molar-refractivity contribution in [1.82, 2.24) is 14.9 Å². The lowest BCUT2D eigenvalue weighted by atomic mass is 10.1. The van der Waals surface area contributed by atoms with Crippen LogP contribution in [0.5, 0.6) is 0 Å². The van der Waals surface area contributed by atoms with Crippen molar-refractivity contribution < 1.29 is 5.11 Å². The Hall–Kier alpha value is -1.72. The van der Waals surface area contributed by atoms with Crippen LogP contribution >= 0.6 is 0 Å². The summed E-state index contributed by atoms with van der Waals surface area (Å²) in [6, 6.07) is 7.81. The summed E-state index contributed by atoms with van der Waals surface area (Å²) < 4.78 is 0. The molecule has 2 aromatic rings. The summed E-state index contributed by atoms with van der Waals surface area (Å²) in [7, 11) is 3.88. The van der Waals surface area contributed by atoms with Crippen LogP contribution in [0.15, 0.2) is 30.6 Å². The van der Waals surface area contributed by atoms with Gasteiger partial charge in [-0.15, -0.1) is 0 Å². The third kappa shape index (κ3) is 3.62. The molecular formula is C14H20N4O. The highest BCUT2D eigenvalue weighted by molar-refractivity contribution is 5.88. The minimum Gasteiger partial charge on any atom is -0.387 e. The number of hydrogen-bond acceptors (Lipinski definition) is 5. The molecule has 0 spiro atoms. The zero-order chi connectivity index (χ0) is 13.9. The van der Waals surface area contributed by atoms with Crippen molar-refractivity contribution in [2.45, 2.75) is 12.5 Å². The van der Waals surface area contributed by atoms with E-state index in [1.165, 1.54) is 6.33 Å². The molecular weight excluding hydrogens is 240 g/mol. The Bertz CT molecular complexity index is 549. The fourth-order valence-electron chi connectivity index (χ4n) is 2.16. The summed E-state index contributed by atoms with van der Waals surface area (Å²) in [5.41, 5.74) is 0.0856. The van der Waals surface area contributed by atoms with Crippen molar-refractivity contribution in [2.24, 2.45) is 0 Å². The van der Waals surface area contributed by atoms with Gasteiger partial charge in [-0.3, -0.25) is 0 Å². The quantitative estimate of drug-likeness (QED) is 0.850. The predicted octanol–water partition coefficient (Wildman–Crippen LogP) is 1.35. The van der Waals surface area contributed by atoms with Crippen LogP contribution in [-0.2, 0) is 0 Å². The maximum Gasteiger partial charge on any atom is 0.137 e. The lowest BCUT2D eigenvalue weighted by Crippen LogP contribution is -2.43. The van der Waals surface area contributed by atoms with Crippen molar-refractivity contribution in [3.63, 3.8) is 0 Å². The molecule has 0 fully saturated rings. The molecule has 2 rings (SSSR count). The zero-order valence-electron chi connectivity index (χ0n) is 11.6. The Kier molecular flexibility index (Phi) is 3.97. The summed E-state index contributed by atoms with van der Waals surface area (Å²) in [6.07, 6.45) is 1.53. The molecule has 0 radical (unpaired) electrons. The van der Waals surface area contributed by atoms with E-state index in [4.69, 9.17) is 0 Å². The Morgan fingerprint density at radius 1 is 1.26 bits per heavy atom. The van der Waals surface area contributed by atoms with E-state index in [0.29, 0.717) is 13.1 Å². The molecule has 2 N–H and O–H groups in total. The van der Waals surface area contributed by atoms with Gasteiger partial charge in [0.25, 0.3) is 0 Å². The molecule has 1 aromatic carbocycles. The van der Waals surface area contributed by atoms with Gasteiger partial charge in [-0.05, 0) is 33.2 Å². The summed E-state index contributed by atoms with van der Waals surface area (Å²) in [6.45, 7) is 2.83. The number of aliphatic hydroxyl groups is 1. The Morgan fingerprint density at radius 3 is 2.74 bits per heavy atom. The van der Waals surface area contributed by atoms with E-state index in [9.17, 15) is 5.11 Å². The third-order valence-electron chi connectivity index (χ3n) is 2.84. The number of benzene rings is 1. The lowest BCUT2D eigenvalue weighted by molar-refractivity contribution is 0.0459. The van der Waals surface area contributed by atoms with Gasteiger partial charge < -0.3 is 15.3 Å². The molecule has 0 aliphatic heterocycles. The van der Waals surface area contributed by atoms with Crippen molar-refractivity contribution in [3.05, 3.63) is 30.6 Å². The molecule has 1 heterocycles. The first-order valence-corrected chi connectivity index (χ1v) is 6.29. The van der Waals surface area contributed by atoms with E-state index >= 15 is 0 Å². The zero-order valence-corrected chi connectivity index (χ0v) is 11.6. The van der Waals surface area contributed by atoms with E-state index in [1.54, 1.807) is 0 Å². The van der Waals surface area contributed by atoms with E-state index in [2.05, 4.69) is 15.3 Å². The monoisotopic (exact) mass is 260 g/mol. The second-order valence-electron chi connectivity index (χ2n) is 5.33. The lowest BCUT2D eigenvalue weighted by Gasteiger charge is -2.27. The molecule has 0 amide bonds. The van der Waals surface area contributed by atoms with Gasteiger partial charge in [0.05, 0.1) is 11.1 Å². The highest BCUT2D eigenvalue weighted by Crippen LogP contribution is 2.19. The fourth-order valence-corrected chi connectivity index (χ4v) is 2.16. The van der Waals surface area contributed by atoms with Crippen molar-refractivity contribution >= 4 is 16.7 Å². The Balaban J connectivity index is 2.14. The largest absolute Gasteiger partial charge is 0.387 e. The van der Waals surface area contributed by atoms with Gasteiger partial charge in [0.2, 0.25) is 0 Å². The summed E-state index contributed by atoms with van der Waals surface area (Å²) in [5, 5.41) is 14.4. The van der Waals surface area contributed by atoms with Crippen LogP contribution < -0.4 is 5.32 Å². The fraction of sp³-hybridized carbons (Fsp3) is 0.429. The molecule has 1 aromatic heterocycles. The molecule has 0 aliphatic rings. The van der Waals surface area contributed by atoms with Gasteiger partial charge in [-0.25, -0.2) is 9.97 Å². The second kappa shape index (κ2) is 5.50. The van der Waals surface area contributed by atoms with Crippen LogP contribution in [0.4, 0.5) is 5.82 Å². The van der Waals surface area contributed by atoms with Crippen LogP contribution in [0, 0.1) is 0 Å². The Labute approximate surface area is 113 Å². The topological polar surface area (TPSA) is 61.3 Å². The highest BCUT2D eigenvalue weighted by Gasteiger charge is 2.21. The molecule has 0 bridgehead atoms. The molecule has 0 saturated carbocycles. The van der Waals surface area contributed by atoms with Crippen LogP contribution in [0.2, 0.25) is 0 Å². The summed E-state index contributed by atoms with van der Waals surface area (Å²) >= 11 is 0. The first-order chi connectivity index (χ1) is 8.98. The first-order valence-electron chi connectivity index (χ1n) is 6.29. The van der Waals surface area contributed by atoms with Crippen LogP contribution in [0.1, 0.15) is 6.92 Å². The number of aromatic nitrogens is 2. The van der Waals surface area contributed by atoms with E-state index < -0.39 is 5.60 Å². The first kappa shape index (κ1) is 13.7. The molecule has 102 valence electrons. The Morgan fingerprint density at radius 2 is 2.00 bits per heavy atom. The van der Waals surface area contributed by atoms with Gasteiger partial charge >= 0.3 is 0 Å². The number of fused-ring (bicyclic) bond motifs is 1. The molecule has 1 unspecified atom stereocenters. The van der Waals surface area contributed by atoms with Gasteiger partial charge in [-0.2, -0.15) is 0 Å². The number of anilines is 1. The molecule has 0 aliphatic carbocycles. The average Bonchev–Trinajstić information content (AvgIpc) is 2.35. The normalized spacial score (nSPS) is 14.6. The second-order valence-corrected chi connectivity index (χ2v) is 5.33. The molecule has 5 nitrogen and oxygen atoms in total. The standard InChI is InChI=1S/C14H20N4O/c1-14(19,9-18(2)3)8-15-13-11-6-4-5-7-12(11)16-10-17-13/h4-7,10,19H,8-9H2,1-3H3,(H,15,16,17). The van der Waals surface area contributed by atoms with Crippen LogP contribution in [-0.4, -0.2) is 52.8 Å². The van der Waals surface area contributed by atoms with Crippen LogP contribution in [0.3, 0.4) is 0 Å². The van der Waals surface area contributed by atoms with Gasteiger partial charge in [0.15, 0.2) is 0 Å². The number of nitrogens with zero attached hydrogens (tertiary/aromatic N) is 3. The van der Waals surface area contributed by atoms with Gasteiger partial charge in [0, 0.05) is 18.5 Å². The number of nitrogens with one attached hydrogen (secondary N) is 1. The number of likely N-dealkylation sites (N-methyl/N-ethyl adjacent to an activating group) is 1. The van der Waals surface area contributed by atoms with Gasteiger partial charge in [-0.1, -0.05) is 12.1 Å². The van der Waals surface area contributed by atoms with E-state index in [1.807, 2.05) is 50.2 Å². The smallest absolute Gasteiger partial charge is 0.137 e.